The van der Waals surface area contributed by atoms with Gasteiger partial charge in [0.15, 0.2) is 0 Å². The molecule has 2 heterocycles. The molecule has 0 bridgehead atoms. The number of hydrogen-bond acceptors (Lipinski definition) is 2. The fraction of sp³-hybridized carbons (Fsp3) is 0.161. The van der Waals surface area contributed by atoms with Crippen molar-refractivity contribution in [1.29, 1.82) is 0 Å². The number of benzene rings is 4. The van der Waals surface area contributed by atoms with Crippen LogP contribution in [0.2, 0.25) is 0 Å². The minimum absolute atomic E-state index is 0.0263. The Morgan fingerprint density at radius 2 is 1.21 bits per heavy atom. The van der Waals surface area contributed by atoms with Gasteiger partial charge in [-0.1, -0.05) is 61.9 Å². The summed E-state index contributed by atoms with van der Waals surface area (Å²) in [5, 5.41) is 5.49. The van der Waals surface area contributed by atoms with Crippen molar-refractivity contribution in [2.45, 2.75) is 33.1 Å². The third-order valence-corrected chi connectivity index (χ3v) is 9.60. The first-order valence-electron chi connectivity index (χ1n) is 11.5. The van der Waals surface area contributed by atoms with Gasteiger partial charge in [0.25, 0.3) is 0 Å². The van der Waals surface area contributed by atoms with Crippen LogP contribution in [-0.2, 0) is 5.41 Å². The third kappa shape index (κ3) is 2.68. The SMILES string of the molecule is Cc1ccc2c(c1)C(C)(C)c1cc(-c3cc4c(ccc5c6cc(C)sc6ccc45)s3)ccc1-2. The Balaban J connectivity index is 1.42. The van der Waals surface area contributed by atoms with Crippen LogP contribution in [0.4, 0.5) is 0 Å². The first-order chi connectivity index (χ1) is 15.9. The minimum atomic E-state index is 0.0263. The predicted octanol–water partition coefficient (Wildman–Crippen LogP) is 9.86. The number of rotatable bonds is 1. The maximum atomic E-state index is 2.44. The van der Waals surface area contributed by atoms with Crippen molar-refractivity contribution in [3.63, 3.8) is 0 Å². The summed E-state index contributed by atoms with van der Waals surface area (Å²) in [6, 6.07) is 28.0. The van der Waals surface area contributed by atoms with E-state index in [1.165, 1.54) is 74.1 Å². The van der Waals surface area contributed by atoms with Gasteiger partial charge in [0.05, 0.1) is 0 Å². The molecule has 0 unspecified atom stereocenters. The van der Waals surface area contributed by atoms with Crippen LogP contribution in [0.25, 0.3) is 52.5 Å². The van der Waals surface area contributed by atoms with Gasteiger partial charge in [-0.2, -0.15) is 0 Å². The van der Waals surface area contributed by atoms with Gasteiger partial charge < -0.3 is 0 Å². The third-order valence-electron chi connectivity index (χ3n) is 7.43. The van der Waals surface area contributed by atoms with Crippen molar-refractivity contribution in [3.8, 4) is 21.6 Å². The van der Waals surface area contributed by atoms with Crippen LogP contribution < -0.4 is 0 Å². The summed E-state index contributed by atoms with van der Waals surface area (Å²) < 4.78 is 2.74. The number of fused-ring (bicyclic) bond motifs is 8. The number of thiophene rings is 2. The van der Waals surface area contributed by atoms with E-state index in [0.717, 1.165) is 0 Å². The molecule has 2 aromatic heterocycles. The van der Waals surface area contributed by atoms with E-state index >= 15 is 0 Å². The van der Waals surface area contributed by atoms with E-state index in [2.05, 4.69) is 100 Å². The van der Waals surface area contributed by atoms with E-state index in [4.69, 9.17) is 0 Å². The highest BCUT2D eigenvalue weighted by atomic mass is 32.1. The van der Waals surface area contributed by atoms with Crippen LogP contribution in [0, 0.1) is 13.8 Å². The van der Waals surface area contributed by atoms with Crippen molar-refractivity contribution in [3.05, 3.63) is 94.4 Å². The van der Waals surface area contributed by atoms with Crippen LogP contribution in [-0.4, -0.2) is 0 Å². The van der Waals surface area contributed by atoms with E-state index in [0.29, 0.717) is 0 Å². The molecule has 4 aromatic carbocycles. The molecule has 0 nitrogen and oxygen atoms in total. The lowest BCUT2D eigenvalue weighted by molar-refractivity contribution is 0.660. The zero-order chi connectivity index (χ0) is 22.5. The average Bonchev–Trinajstić information content (AvgIpc) is 3.46. The van der Waals surface area contributed by atoms with E-state index in [1.54, 1.807) is 0 Å². The molecule has 0 spiro atoms. The summed E-state index contributed by atoms with van der Waals surface area (Å²) in [6.45, 7) is 9.13. The summed E-state index contributed by atoms with van der Waals surface area (Å²) in [6.07, 6.45) is 0. The molecule has 1 aliphatic rings. The molecule has 0 aliphatic heterocycles. The lowest BCUT2D eigenvalue weighted by atomic mass is 9.81. The molecule has 7 rings (SSSR count). The Morgan fingerprint density at radius 1 is 0.576 bits per heavy atom. The molecule has 0 N–H and O–H groups in total. The molecular formula is C31H24S2. The summed E-state index contributed by atoms with van der Waals surface area (Å²) >= 11 is 3.79. The van der Waals surface area contributed by atoms with Crippen molar-refractivity contribution >= 4 is 53.6 Å². The van der Waals surface area contributed by atoms with Gasteiger partial charge in [-0.05, 0) is 82.8 Å². The molecular weight excluding hydrogens is 436 g/mol. The first-order valence-corrected chi connectivity index (χ1v) is 13.2. The fourth-order valence-corrected chi connectivity index (χ4v) is 7.73. The van der Waals surface area contributed by atoms with Crippen LogP contribution in [0.15, 0.2) is 72.8 Å². The van der Waals surface area contributed by atoms with E-state index in [-0.39, 0.29) is 5.41 Å². The normalized spacial score (nSPS) is 14.3. The first kappa shape index (κ1) is 19.5. The maximum Gasteiger partial charge on any atom is 0.0355 e. The monoisotopic (exact) mass is 460 g/mol. The van der Waals surface area contributed by atoms with E-state index in [1.807, 2.05) is 22.7 Å². The molecule has 33 heavy (non-hydrogen) atoms. The smallest absolute Gasteiger partial charge is 0.0355 e. The minimum Gasteiger partial charge on any atom is -0.141 e. The molecule has 160 valence electrons. The molecule has 0 fully saturated rings. The maximum absolute atomic E-state index is 2.44. The van der Waals surface area contributed by atoms with E-state index < -0.39 is 0 Å². The Morgan fingerprint density at radius 3 is 1.97 bits per heavy atom. The molecule has 1 aliphatic carbocycles. The Labute approximate surface area is 202 Å². The number of hydrogen-bond donors (Lipinski definition) is 0. The molecule has 0 atom stereocenters. The molecule has 0 saturated heterocycles. The van der Waals surface area contributed by atoms with Crippen LogP contribution >= 0.6 is 22.7 Å². The largest absolute Gasteiger partial charge is 0.141 e. The second kappa shape index (κ2) is 6.56. The highest BCUT2D eigenvalue weighted by molar-refractivity contribution is 7.22. The van der Waals surface area contributed by atoms with Gasteiger partial charge in [-0.15, -0.1) is 22.7 Å². The molecule has 0 radical (unpaired) electrons. The summed E-state index contributed by atoms with van der Waals surface area (Å²) in [5.74, 6) is 0. The van der Waals surface area contributed by atoms with Gasteiger partial charge in [0, 0.05) is 35.3 Å². The summed E-state index contributed by atoms with van der Waals surface area (Å²) in [5.41, 5.74) is 8.36. The average molecular weight is 461 g/mol. The van der Waals surface area contributed by atoms with Crippen LogP contribution in [0.5, 0.6) is 0 Å². The zero-order valence-electron chi connectivity index (χ0n) is 19.2. The molecule has 0 amide bonds. The molecule has 0 saturated carbocycles. The van der Waals surface area contributed by atoms with E-state index in [9.17, 15) is 0 Å². The van der Waals surface area contributed by atoms with Gasteiger partial charge in [-0.3, -0.25) is 0 Å². The second-order valence-electron chi connectivity index (χ2n) is 9.95. The van der Waals surface area contributed by atoms with Crippen molar-refractivity contribution in [1.82, 2.24) is 0 Å². The van der Waals surface area contributed by atoms with Crippen molar-refractivity contribution in [2.24, 2.45) is 0 Å². The van der Waals surface area contributed by atoms with Gasteiger partial charge >= 0.3 is 0 Å². The van der Waals surface area contributed by atoms with Gasteiger partial charge in [-0.25, -0.2) is 0 Å². The molecule has 6 aromatic rings. The lowest BCUT2D eigenvalue weighted by Crippen LogP contribution is -2.15. The van der Waals surface area contributed by atoms with Crippen LogP contribution in [0.3, 0.4) is 0 Å². The standard InChI is InChI=1S/C31H24S2/c1-17-5-7-22-23-8-6-19(15-27(23)31(3,4)26(22)13-17)30-16-25-21-9-11-28-24(14-18(2)32-28)20(21)10-12-29(25)33-30/h5-16H,1-4H3. The Hall–Kier alpha value is -2.94. The Bertz CT molecular complexity index is 1760. The van der Waals surface area contributed by atoms with Crippen molar-refractivity contribution in [2.75, 3.05) is 0 Å². The molecule has 2 heteroatoms. The highest BCUT2D eigenvalue weighted by Crippen LogP contribution is 2.50. The van der Waals surface area contributed by atoms with Gasteiger partial charge in [0.1, 0.15) is 0 Å². The highest BCUT2D eigenvalue weighted by Gasteiger charge is 2.35. The Kier molecular flexibility index (Phi) is 3.88. The second-order valence-corrected chi connectivity index (χ2v) is 12.3. The summed E-state index contributed by atoms with van der Waals surface area (Å²) in [4.78, 5) is 2.73. The fourth-order valence-electron chi connectivity index (χ4n) is 5.72. The van der Waals surface area contributed by atoms with Gasteiger partial charge in [0.2, 0.25) is 0 Å². The summed E-state index contributed by atoms with van der Waals surface area (Å²) in [7, 11) is 0. The quantitative estimate of drug-likeness (QED) is 0.229. The van der Waals surface area contributed by atoms with Crippen molar-refractivity contribution < 1.29 is 0 Å². The lowest BCUT2D eigenvalue weighted by Gasteiger charge is -2.22. The zero-order valence-corrected chi connectivity index (χ0v) is 20.9. The van der Waals surface area contributed by atoms with Crippen LogP contribution in [0.1, 0.15) is 35.4 Å². The predicted molar refractivity (Wildman–Crippen MR) is 147 cm³/mol. The number of aryl methyl sites for hydroxylation is 2. The topological polar surface area (TPSA) is 0 Å².